The summed E-state index contributed by atoms with van der Waals surface area (Å²) in [4.78, 5) is 2.39. The van der Waals surface area contributed by atoms with Crippen LogP contribution in [-0.4, -0.2) is 13.7 Å². The van der Waals surface area contributed by atoms with Gasteiger partial charge in [-0.25, -0.2) is 0 Å². The molecule has 2 nitrogen and oxygen atoms in total. The summed E-state index contributed by atoms with van der Waals surface area (Å²) in [7, 11) is 1.76. The third kappa shape index (κ3) is 6.49. The molecule has 0 N–H and O–H groups in total. The molecule has 2 aromatic carbocycles. The zero-order valence-corrected chi connectivity index (χ0v) is 18.3. The third-order valence-electron chi connectivity index (χ3n) is 4.97. The maximum atomic E-state index is 5.85. The summed E-state index contributed by atoms with van der Waals surface area (Å²) >= 11 is 1.76. The van der Waals surface area contributed by atoms with Gasteiger partial charge < -0.3 is 9.47 Å². The first-order chi connectivity index (χ1) is 13.1. The maximum absolute atomic E-state index is 5.85. The van der Waals surface area contributed by atoms with Crippen LogP contribution in [0.4, 0.5) is 0 Å². The van der Waals surface area contributed by atoms with Crippen molar-refractivity contribution in [1.29, 1.82) is 0 Å². The molecule has 0 aromatic heterocycles. The highest BCUT2D eigenvalue weighted by atomic mass is 32.2. The molecule has 2 aromatic rings. The normalized spacial score (nSPS) is 12.0. The first-order valence-corrected chi connectivity index (χ1v) is 11.0. The van der Waals surface area contributed by atoms with Gasteiger partial charge in [0, 0.05) is 4.90 Å². The largest absolute Gasteiger partial charge is 0.496 e. The Morgan fingerprint density at radius 3 is 2.37 bits per heavy atom. The Bertz CT molecular complexity index is 694. The molecule has 3 heteroatoms. The zero-order chi connectivity index (χ0) is 19.6. The fourth-order valence-corrected chi connectivity index (χ4v) is 3.98. The zero-order valence-electron chi connectivity index (χ0n) is 17.5. The van der Waals surface area contributed by atoms with Gasteiger partial charge in [0.25, 0.3) is 0 Å². The van der Waals surface area contributed by atoms with Crippen molar-refractivity contribution in [3.05, 3.63) is 47.5 Å². The molecule has 0 saturated heterocycles. The number of methoxy groups -OCH3 is 1. The molecule has 0 amide bonds. The summed E-state index contributed by atoms with van der Waals surface area (Å²) in [5.41, 5.74) is 2.62. The molecule has 1 unspecified atom stereocenters. The maximum Gasteiger partial charge on any atom is 0.133 e. The van der Waals surface area contributed by atoms with Crippen LogP contribution in [0.2, 0.25) is 0 Å². The van der Waals surface area contributed by atoms with Crippen LogP contribution in [0.15, 0.2) is 46.2 Å². The molecule has 0 aliphatic heterocycles. The van der Waals surface area contributed by atoms with Crippen LogP contribution >= 0.6 is 11.8 Å². The monoisotopic (exact) mass is 386 g/mol. The van der Waals surface area contributed by atoms with Crippen molar-refractivity contribution in [3.8, 4) is 11.5 Å². The number of unbranched alkanes of at least 4 members (excludes halogenated alkanes) is 3. The molecule has 27 heavy (non-hydrogen) atoms. The average molecular weight is 387 g/mol. The van der Waals surface area contributed by atoms with Crippen molar-refractivity contribution in [2.45, 2.75) is 75.5 Å². The lowest BCUT2D eigenvalue weighted by molar-refractivity contribution is 0.305. The molecule has 0 radical (unpaired) electrons. The van der Waals surface area contributed by atoms with Crippen LogP contribution in [0, 0.1) is 6.92 Å². The molecule has 2 rings (SSSR count). The molecule has 0 heterocycles. The Balaban J connectivity index is 2.04. The first kappa shape index (κ1) is 21.7. The fraction of sp³-hybridized carbons (Fsp3) is 0.500. The third-order valence-corrected chi connectivity index (χ3v) is 6.21. The van der Waals surface area contributed by atoms with Gasteiger partial charge in [0.2, 0.25) is 0 Å². The van der Waals surface area contributed by atoms with Crippen LogP contribution in [0.3, 0.4) is 0 Å². The Kier molecular flexibility index (Phi) is 9.06. The van der Waals surface area contributed by atoms with Crippen LogP contribution in [0.5, 0.6) is 11.5 Å². The minimum atomic E-state index is 0.547. The standard InChI is InChI=1S/C24H34O2S/c1-6-8-9-10-15-26-21-11-13-22(14-12-21)27-24-19(4)16-20(18(3)7-2)17-23(24)25-5/h11-14,16-18H,6-10,15H2,1-5H3. The van der Waals surface area contributed by atoms with Gasteiger partial charge in [0.1, 0.15) is 11.5 Å². The topological polar surface area (TPSA) is 18.5 Å². The van der Waals surface area contributed by atoms with E-state index < -0.39 is 0 Å². The number of ether oxygens (including phenoxy) is 2. The van der Waals surface area contributed by atoms with E-state index in [0.717, 1.165) is 30.9 Å². The van der Waals surface area contributed by atoms with Crippen molar-refractivity contribution in [3.63, 3.8) is 0 Å². The van der Waals surface area contributed by atoms with Gasteiger partial charge in [0.05, 0.1) is 18.6 Å². The van der Waals surface area contributed by atoms with Gasteiger partial charge in [-0.05, 0) is 67.1 Å². The second-order valence-electron chi connectivity index (χ2n) is 7.16. The van der Waals surface area contributed by atoms with Crippen LogP contribution < -0.4 is 9.47 Å². The Labute approximate surface area is 169 Å². The molecule has 0 aliphatic rings. The second kappa shape index (κ2) is 11.3. The SMILES string of the molecule is CCCCCCOc1ccc(Sc2c(C)cc(C(C)CC)cc2OC)cc1. The Hall–Kier alpha value is -1.61. The average Bonchev–Trinajstić information content (AvgIpc) is 2.69. The number of rotatable bonds is 11. The summed E-state index contributed by atoms with van der Waals surface area (Å²) in [6.45, 7) is 9.69. The fourth-order valence-electron chi connectivity index (χ4n) is 3.01. The summed E-state index contributed by atoms with van der Waals surface area (Å²) < 4.78 is 11.5. The highest BCUT2D eigenvalue weighted by molar-refractivity contribution is 7.99. The number of hydrogen-bond acceptors (Lipinski definition) is 3. The Morgan fingerprint density at radius 2 is 1.74 bits per heavy atom. The number of benzene rings is 2. The summed E-state index contributed by atoms with van der Waals surface area (Å²) in [6, 6.07) is 12.9. The van der Waals surface area contributed by atoms with Crippen molar-refractivity contribution in [2.75, 3.05) is 13.7 Å². The van der Waals surface area contributed by atoms with Gasteiger partial charge in [-0.15, -0.1) is 0 Å². The smallest absolute Gasteiger partial charge is 0.133 e. The summed E-state index contributed by atoms with van der Waals surface area (Å²) in [5, 5.41) is 0. The number of aryl methyl sites for hydroxylation is 1. The molecule has 1 atom stereocenters. The van der Waals surface area contributed by atoms with Gasteiger partial charge in [-0.1, -0.05) is 57.9 Å². The van der Waals surface area contributed by atoms with Crippen LogP contribution in [0.1, 0.15) is 69.9 Å². The van der Waals surface area contributed by atoms with Crippen molar-refractivity contribution in [1.82, 2.24) is 0 Å². The minimum Gasteiger partial charge on any atom is -0.496 e. The van der Waals surface area contributed by atoms with E-state index in [1.807, 2.05) is 0 Å². The van der Waals surface area contributed by atoms with E-state index in [9.17, 15) is 0 Å². The van der Waals surface area contributed by atoms with Crippen LogP contribution in [0.25, 0.3) is 0 Å². The van der Waals surface area contributed by atoms with Gasteiger partial charge >= 0.3 is 0 Å². The highest BCUT2D eigenvalue weighted by Gasteiger charge is 2.13. The van der Waals surface area contributed by atoms with Crippen molar-refractivity contribution < 1.29 is 9.47 Å². The molecule has 0 aliphatic carbocycles. The van der Waals surface area contributed by atoms with E-state index in [4.69, 9.17) is 9.47 Å². The molecule has 0 spiro atoms. The van der Waals surface area contributed by atoms with Gasteiger partial charge in [-0.2, -0.15) is 0 Å². The van der Waals surface area contributed by atoms with Crippen LogP contribution in [-0.2, 0) is 0 Å². The summed E-state index contributed by atoms with van der Waals surface area (Å²) in [6.07, 6.45) is 6.05. The molecule has 148 valence electrons. The van der Waals surface area contributed by atoms with E-state index >= 15 is 0 Å². The molecule has 0 saturated carbocycles. The van der Waals surface area contributed by atoms with Gasteiger partial charge in [-0.3, -0.25) is 0 Å². The lowest BCUT2D eigenvalue weighted by Crippen LogP contribution is -1.97. The highest BCUT2D eigenvalue weighted by Crippen LogP contribution is 2.40. The Morgan fingerprint density at radius 1 is 1.00 bits per heavy atom. The molecule has 0 fully saturated rings. The quantitative estimate of drug-likeness (QED) is 0.370. The van der Waals surface area contributed by atoms with Gasteiger partial charge in [0.15, 0.2) is 0 Å². The predicted octanol–water partition coefficient (Wildman–Crippen LogP) is 7.63. The van der Waals surface area contributed by atoms with E-state index in [-0.39, 0.29) is 0 Å². The molecular weight excluding hydrogens is 352 g/mol. The minimum absolute atomic E-state index is 0.547. The van der Waals surface area contributed by atoms with E-state index in [1.54, 1.807) is 18.9 Å². The van der Waals surface area contributed by atoms with E-state index in [2.05, 4.69) is 64.1 Å². The second-order valence-corrected chi connectivity index (χ2v) is 8.24. The predicted molar refractivity (Wildman–Crippen MR) is 117 cm³/mol. The lowest BCUT2D eigenvalue weighted by Gasteiger charge is -2.17. The van der Waals surface area contributed by atoms with Crippen molar-refractivity contribution >= 4 is 11.8 Å². The summed E-state index contributed by atoms with van der Waals surface area (Å²) in [5.74, 6) is 2.46. The van der Waals surface area contributed by atoms with E-state index in [0.29, 0.717) is 5.92 Å². The lowest BCUT2D eigenvalue weighted by atomic mass is 9.97. The first-order valence-electron chi connectivity index (χ1n) is 10.2. The molecular formula is C24H34O2S. The number of hydrogen-bond donors (Lipinski definition) is 0. The molecule has 0 bridgehead atoms. The van der Waals surface area contributed by atoms with E-state index in [1.165, 1.54) is 40.2 Å². The van der Waals surface area contributed by atoms with Crippen molar-refractivity contribution in [2.24, 2.45) is 0 Å².